The molecule has 0 aromatic rings. The fourth-order valence-corrected chi connectivity index (χ4v) is 0.923. The standard InChI is InChI=1S/C9H16N2O3/c1-9(2,7-14-3)11(10)8(13)5-4-6-12/h4-6H,7,10H2,1-3H3/b5-4-. The monoisotopic (exact) mass is 200 g/mol. The molecule has 0 unspecified atom stereocenters. The third-order valence-corrected chi connectivity index (χ3v) is 1.70. The molecule has 0 saturated carbocycles. The molecule has 1 amide bonds. The quantitative estimate of drug-likeness (QED) is 0.220. The van der Waals surface area contributed by atoms with E-state index in [1.165, 1.54) is 7.11 Å². The van der Waals surface area contributed by atoms with Gasteiger partial charge in [0, 0.05) is 13.2 Å². The molecule has 0 radical (unpaired) electrons. The SMILES string of the molecule is COCC(C)(C)N(N)C(=O)/C=C\C=O. The van der Waals surface area contributed by atoms with Crippen LogP contribution in [-0.2, 0) is 14.3 Å². The molecule has 0 aliphatic heterocycles. The lowest BCUT2D eigenvalue weighted by Gasteiger charge is -2.33. The van der Waals surface area contributed by atoms with E-state index in [9.17, 15) is 9.59 Å². The first-order valence-corrected chi connectivity index (χ1v) is 4.15. The van der Waals surface area contributed by atoms with Gasteiger partial charge in [0.1, 0.15) is 6.29 Å². The van der Waals surface area contributed by atoms with Crippen LogP contribution in [0.4, 0.5) is 0 Å². The molecule has 0 fully saturated rings. The molecule has 0 aromatic carbocycles. The molecule has 2 N–H and O–H groups in total. The molecule has 0 saturated heterocycles. The number of carbonyl (C=O) groups is 2. The second-order valence-electron chi connectivity index (χ2n) is 3.45. The van der Waals surface area contributed by atoms with Crippen molar-refractivity contribution < 1.29 is 14.3 Å². The maximum Gasteiger partial charge on any atom is 0.261 e. The summed E-state index contributed by atoms with van der Waals surface area (Å²) in [6.45, 7) is 3.86. The van der Waals surface area contributed by atoms with Crippen LogP contribution in [0.5, 0.6) is 0 Å². The molecule has 5 nitrogen and oxygen atoms in total. The van der Waals surface area contributed by atoms with Crippen molar-refractivity contribution in [1.29, 1.82) is 0 Å². The predicted molar refractivity (Wildman–Crippen MR) is 52.2 cm³/mol. The number of nitrogens with zero attached hydrogens (tertiary/aromatic N) is 1. The summed E-state index contributed by atoms with van der Waals surface area (Å²) in [5.74, 6) is 5.13. The highest BCUT2D eigenvalue weighted by molar-refractivity contribution is 5.91. The Morgan fingerprint density at radius 3 is 2.57 bits per heavy atom. The molecule has 0 bridgehead atoms. The Morgan fingerprint density at radius 1 is 1.57 bits per heavy atom. The third kappa shape index (κ3) is 3.68. The first kappa shape index (κ1) is 12.8. The largest absolute Gasteiger partial charge is 0.382 e. The van der Waals surface area contributed by atoms with Gasteiger partial charge in [0.15, 0.2) is 0 Å². The number of hydrogen-bond acceptors (Lipinski definition) is 4. The molecule has 0 atom stereocenters. The summed E-state index contributed by atoms with van der Waals surface area (Å²) in [4.78, 5) is 21.3. The smallest absolute Gasteiger partial charge is 0.261 e. The number of nitrogens with two attached hydrogens (primary N) is 1. The van der Waals surface area contributed by atoms with Crippen molar-refractivity contribution in [2.75, 3.05) is 13.7 Å². The highest BCUT2D eigenvalue weighted by atomic mass is 16.5. The van der Waals surface area contributed by atoms with Crippen molar-refractivity contribution in [3.8, 4) is 0 Å². The van der Waals surface area contributed by atoms with Crippen molar-refractivity contribution in [2.24, 2.45) is 5.84 Å². The molecule has 80 valence electrons. The minimum atomic E-state index is -0.598. The van der Waals surface area contributed by atoms with Gasteiger partial charge in [0.2, 0.25) is 0 Å². The number of hydrazine groups is 1. The Labute approximate surface area is 83.5 Å². The number of hydrogen-bond donors (Lipinski definition) is 1. The van der Waals surface area contributed by atoms with Gasteiger partial charge in [-0.2, -0.15) is 0 Å². The van der Waals surface area contributed by atoms with Gasteiger partial charge in [-0.25, -0.2) is 5.84 Å². The number of ether oxygens (including phenoxy) is 1. The molecule has 0 aliphatic carbocycles. The Balaban J connectivity index is 4.43. The van der Waals surface area contributed by atoms with Crippen molar-refractivity contribution in [3.05, 3.63) is 12.2 Å². The van der Waals surface area contributed by atoms with E-state index in [0.29, 0.717) is 12.9 Å². The van der Waals surface area contributed by atoms with Crippen LogP contribution >= 0.6 is 0 Å². The summed E-state index contributed by atoms with van der Waals surface area (Å²) in [6, 6.07) is 0. The Hall–Kier alpha value is -1.20. The number of aldehydes is 1. The summed E-state index contributed by atoms with van der Waals surface area (Å²) in [6.07, 6.45) is 2.74. The van der Waals surface area contributed by atoms with E-state index in [-0.39, 0.29) is 0 Å². The van der Waals surface area contributed by atoms with E-state index < -0.39 is 11.4 Å². The van der Waals surface area contributed by atoms with Gasteiger partial charge in [-0.1, -0.05) is 0 Å². The zero-order chi connectivity index (χ0) is 11.2. The zero-order valence-corrected chi connectivity index (χ0v) is 8.69. The molecule has 0 aliphatic rings. The van der Waals surface area contributed by atoms with Crippen molar-refractivity contribution in [2.45, 2.75) is 19.4 Å². The van der Waals surface area contributed by atoms with E-state index in [0.717, 1.165) is 17.2 Å². The second kappa shape index (κ2) is 5.51. The van der Waals surface area contributed by atoms with Crippen LogP contribution in [0.15, 0.2) is 12.2 Å². The van der Waals surface area contributed by atoms with Gasteiger partial charge in [-0.3, -0.25) is 14.6 Å². The molecule has 0 spiro atoms. The number of amides is 1. The average Bonchev–Trinajstić information content (AvgIpc) is 2.12. The van der Waals surface area contributed by atoms with Crippen LogP contribution in [0.2, 0.25) is 0 Å². The normalized spacial score (nSPS) is 11.7. The highest BCUT2D eigenvalue weighted by Gasteiger charge is 2.27. The van der Waals surface area contributed by atoms with Gasteiger partial charge in [-0.15, -0.1) is 0 Å². The average molecular weight is 200 g/mol. The van der Waals surface area contributed by atoms with E-state index >= 15 is 0 Å². The van der Waals surface area contributed by atoms with E-state index in [4.69, 9.17) is 10.6 Å². The molecule has 0 aromatic heterocycles. The van der Waals surface area contributed by atoms with Crippen LogP contribution in [-0.4, -0.2) is 36.5 Å². The van der Waals surface area contributed by atoms with Crippen LogP contribution in [0.3, 0.4) is 0 Å². The number of rotatable bonds is 5. The summed E-state index contributed by atoms with van der Waals surface area (Å²) in [5, 5.41) is 1.04. The third-order valence-electron chi connectivity index (χ3n) is 1.70. The zero-order valence-electron chi connectivity index (χ0n) is 8.69. The van der Waals surface area contributed by atoms with Crippen molar-refractivity contribution >= 4 is 12.2 Å². The topological polar surface area (TPSA) is 72.6 Å². The second-order valence-corrected chi connectivity index (χ2v) is 3.45. The summed E-state index contributed by atoms with van der Waals surface area (Å²) in [5.41, 5.74) is -0.598. The van der Waals surface area contributed by atoms with Gasteiger partial charge in [0.25, 0.3) is 5.91 Å². The fraction of sp³-hybridized carbons (Fsp3) is 0.556. The molecular formula is C9H16N2O3. The molecular weight excluding hydrogens is 184 g/mol. The first-order chi connectivity index (χ1) is 6.45. The lowest BCUT2D eigenvalue weighted by Crippen LogP contribution is -2.54. The van der Waals surface area contributed by atoms with Crippen LogP contribution in [0.1, 0.15) is 13.8 Å². The van der Waals surface area contributed by atoms with Crippen LogP contribution in [0.25, 0.3) is 0 Å². The predicted octanol–water partition coefficient (Wildman–Crippen LogP) is -0.131. The van der Waals surface area contributed by atoms with E-state index in [1.807, 2.05) is 0 Å². The van der Waals surface area contributed by atoms with Crippen molar-refractivity contribution in [1.82, 2.24) is 5.01 Å². The molecule has 0 heterocycles. The summed E-state index contributed by atoms with van der Waals surface area (Å²) in [7, 11) is 1.53. The minimum absolute atomic E-state index is 0.324. The molecule has 0 rings (SSSR count). The fourth-order valence-electron chi connectivity index (χ4n) is 0.923. The Morgan fingerprint density at radius 2 is 2.14 bits per heavy atom. The lowest BCUT2D eigenvalue weighted by molar-refractivity contribution is -0.133. The molecule has 14 heavy (non-hydrogen) atoms. The first-order valence-electron chi connectivity index (χ1n) is 4.15. The Bertz CT molecular complexity index is 236. The number of carbonyl (C=O) groups excluding carboxylic acids is 2. The van der Waals surface area contributed by atoms with Gasteiger partial charge < -0.3 is 4.74 Å². The number of methoxy groups -OCH3 is 1. The maximum absolute atomic E-state index is 11.3. The minimum Gasteiger partial charge on any atom is -0.382 e. The van der Waals surface area contributed by atoms with E-state index in [2.05, 4.69) is 0 Å². The van der Waals surface area contributed by atoms with Gasteiger partial charge in [0.05, 0.1) is 12.1 Å². The molecule has 5 heteroatoms. The van der Waals surface area contributed by atoms with Crippen molar-refractivity contribution in [3.63, 3.8) is 0 Å². The van der Waals surface area contributed by atoms with Gasteiger partial charge in [-0.05, 0) is 19.9 Å². The Kier molecular flexibility index (Phi) is 5.04. The van der Waals surface area contributed by atoms with Crippen LogP contribution in [0, 0.1) is 0 Å². The van der Waals surface area contributed by atoms with Gasteiger partial charge >= 0.3 is 0 Å². The number of allylic oxidation sites excluding steroid dienone is 1. The highest BCUT2D eigenvalue weighted by Crippen LogP contribution is 2.10. The summed E-state index contributed by atoms with van der Waals surface area (Å²) < 4.78 is 4.91. The summed E-state index contributed by atoms with van der Waals surface area (Å²) >= 11 is 0. The van der Waals surface area contributed by atoms with Crippen LogP contribution < -0.4 is 5.84 Å². The maximum atomic E-state index is 11.3. The van der Waals surface area contributed by atoms with E-state index in [1.54, 1.807) is 13.8 Å². The lowest BCUT2D eigenvalue weighted by atomic mass is 10.1.